The van der Waals surface area contributed by atoms with Crippen molar-refractivity contribution < 1.29 is 0 Å². The number of hydrogen-bond acceptors (Lipinski definition) is 1. The highest BCUT2D eigenvalue weighted by atomic mass is 14.9. The molecule has 1 atom stereocenters. The quantitative estimate of drug-likeness (QED) is 0.233. The zero-order valence-corrected chi connectivity index (χ0v) is 25.2. The maximum absolute atomic E-state index is 3.55. The van der Waals surface area contributed by atoms with Crippen LogP contribution in [-0.4, -0.2) is 7.05 Å². The predicted octanol–water partition coefficient (Wildman–Crippen LogP) is 9.75. The molecule has 210 valence electrons. The standard InChI is InChI=1S/C42H37N/c1-41(2)35-20-9-11-22-37(35)42(38-23-12-10-21-36(38)41)34-19-8-7-18-32(34)33-25-24-30(27-39(33)42)29-16-13-17-31(26-29)40(43-3)28-14-5-4-6-15-28/h4-6,8-17,19-27,40,43H,7,18H2,1-3H3. The van der Waals surface area contributed by atoms with Crippen LogP contribution in [0.15, 0.2) is 139 Å². The van der Waals surface area contributed by atoms with Crippen molar-refractivity contribution in [2.75, 3.05) is 7.05 Å². The molecule has 0 aromatic heterocycles. The average Bonchev–Trinajstić information content (AvgIpc) is 3.35. The maximum Gasteiger partial charge on any atom is 0.0716 e. The van der Waals surface area contributed by atoms with Gasteiger partial charge < -0.3 is 5.32 Å². The fourth-order valence-corrected chi connectivity index (χ4v) is 8.39. The molecule has 5 aromatic rings. The second kappa shape index (κ2) is 9.79. The molecule has 0 amide bonds. The van der Waals surface area contributed by atoms with Crippen LogP contribution in [0.1, 0.15) is 77.2 Å². The van der Waals surface area contributed by atoms with Gasteiger partial charge in [0.1, 0.15) is 0 Å². The van der Waals surface area contributed by atoms with Gasteiger partial charge in [0.05, 0.1) is 11.5 Å². The first-order chi connectivity index (χ1) is 21.0. The van der Waals surface area contributed by atoms with Crippen LogP contribution in [0.2, 0.25) is 0 Å². The predicted molar refractivity (Wildman–Crippen MR) is 179 cm³/mol. The Labute approximate surface area is 255 Å². The summed E-state index contributed by atoms with van der Waals surface area (Å²) in [6, 6.07) is 45.7. The molecular formula is C42H37N. The third-order valence-corrected chi connectivity index (χ3v) is 10.3. The smallest absolute Gasteiger partial charge is 0.0716 e. The van der Waals surface area contributed by atoms with E-state index in [2.05, 4.69) is 153 Å². The summed E-state index contributed by atoms with van der Waals surface area (Å²) in [6.45, 7) is 4.79. The number of rotatable bonds is 4. The van der Waals surface area contributed by atoms with Crippen molar-refractivity contribution in [1.82, 2.24) is 5.32 Å². The third-order valence-electron chi connectivity index (χ3n) is 10.3. The lowest BCUT2D eigenvalue weighted by molar-refractivity contribution is 0.561. The Kier molecular flexibility index (Phi) is 5.96. The Balaban J connectivity index is 1.37. The number of nitrogens with one attached hydrogen (secondary N) is 1. The molecule has 3 aliphatic carbocycles. The lowest BCUT2D eigenvalue weighted by Gasteiger charge is -2.47. The summed E-state index contributed by atoms with van der Waals surface area (Å²) in [6.07, 6.45) is 7.02. The van der Waals surface area contributed by atoms with E-state index in [4.69, 9.17) is 0 Å². The third kappa shape index (κ3) is 3.68. The molecule has 1 spiro atoms. The van der Waals surface area contributed by atoms with Crippen molar-refractivity contribution in [2.24, 2.45) is 0 Å². The first-order valence-corrected chi connectivity index (χ1v) is 15.6. The molecule has 0 bridgehead atoms. The molecule has 0 heterocycles. The minimum atomic E-state index is -0.324. The molecule has 1 nitrogen and oxygen atoms in total. The van der Waals surface area contributed by atoms with E-state index in [1.54, 1.807) is 0 Å². The lowest BCUT2D eigenvalue weighted by Crippen LogP contribution is -2.41. The topological polar surface area (TPSA) is 12.0 Å². The average molecular weight is 556 g/mol. The SMILES string of the molecule is CNC(c1ccccc1)c1cccc(-c2ccc3c(c2)C2(C4=C3CCC=C4)c3ccccc3C(C)(C)c3ccccc32)c1. The Bertz CT molecular complexity index is 1890. The van der Waals surface area contributed by atoms with Gasteiger partial charge in [-0.2, -0.15) is 0 Å². The van der Waals surface area contributed by atoms with Crippen LogP contribution >= 0.6 is 0 Å². The van der Waals surface area contributed by atoms with Crippen molar-refractivity contribution in [3.05, 3.63) is 184 Å². The van der Waals surface area contributed by atoms with E-state index in [1.165, 1.54) is 66.8 Å². The molecule has 0 saturated carbocycles. The van der Waals surface area contributed by atoms with Gasteiger partial charge in [0.25, 0.3) is 0 Å². The van der Waals surface area contributed by atoms with E-state index in [1.807, 2.05) is 7.05 Å². The molecule has 8 rings (SSSR count). The molecule has 0 fully saturated rings. The van der Waals surface area contributed by atoms with Gasteiger partial charge in [0.15, 0.2) is 0 Å². The second-order valence-electron chi connectivity index (χ2n) is 12.8. The van der Waals surface area contributed by atoms with Crippen molar-refractivity contribution in [3.63, 3.8) is 0 Å². The first-order valence-electron chi connectivity index (χ1n) is 15.6. The van der Waals surface area contributed by atoms with Gasteiger partial charge in [0, 0.05) is 5.41 Å². The molecule has 1 N–H and O–H groups in total. The zero-order chi connectivity index (χ0) is 29.2. The van der Waals surface area contributed by atoms with E-state index in [0.29, 0.717) is 0 Å². The zero-order valence-electron chi connectivity index (χ0n) is 25.2. The van der Waals surface area contributed by atoms with Crippen LogP contribution in [-0.2, 0) is 10.8 Å². The maximum atomic E-state index is 3.55. The molecule has 1 unspecified atom stereocenters. The molecule has 0 saturated heterocycles. The minimum absolute atomic E-state index is 0.0775. The van der Waals surface area contributed by atoms with E-state index in [9.17, 15) is 0 Å². The van der Waals surface area contributed by atoms with Gasteiger partial charge in [-0.15, -0.1) is 0 Å². The summed E-state index contributed by atoms with van der Waals surface area (Å²) in [7, 11) is 2.05. The Morgan fingerprint density at radius 3 is 1.93 bits per heavy atom. The lowest BCUT2D eigenvalue weighted by atomic mass is 9.55. The molecule has 0 radical (unpaired) electrons. The van der Waals surface area contributed by atoms with Gasteiger partial charge in [-0.05, 0) is 98.8 Å². The number of benzene rings is 5. The van der Waals surface area contributed by atoms with E-state index >= 15 is 0 Å². The molecule has 0 aliphatic heterocycles. The van der Waals surface area contributed by atoms with Crippen LogP contribution in [0.4, 0.5) is 0 Å². The summed E-state index contributed by atoms with van der Waals surface area (Å²) < 4.78 is 0. The summed E-state index contributed by atoms with van der Waals surface area (Å²) in [5.41, 5.74) is 16.2. The highest BCUT2D eigenvalue weighted by molar-refractivity contribution is 5.91. The highest BCUT2D eigenvalue weighted by Crippen LogP contribution is 2.62. The Morgan fingerprint density at radius 1 is 0.605 bits per heavy atom. The van der Waals surface area contributed by atoms with Gasteiger partial charge in [-0.25, -0.2) is 0 Å². The van der Waals surface area contributed by atoms with Gasteiger partial charge in [-0.3, -0.25) is 0 Å². The van der Waals surface area contributed by atoms with E-state index < -0.39 is 0 Å². The number of fused-ring (bicyclic) bond motifs is 8. The first kappa shape index (κ1) is 26.2. The van der Waals surface area contributed by atoms with Crippen molar-refractivity contribution in [2.45, 2.75) is 43.6 Å². The number of allylic oxidation sites excluding steroid dienone is 4. The van der Waals surface area contributed by atoms with Crippen LogP contribution in [0.5, 0.6) is 0 Å². The molecule has 1 heteroatoms. The van der Waals surface area contributed by atoms with Crippen molar-refractivity contribution >= 4 is 5.57 Å². The molecular weight excluding hydrogens is 518 g/mol. The van der Waals surface area contributed by atoms with Crippen molar-refractivity contribution in [3.8, 4) is 11.1 Å². The normalized spacial score (nSPS) is 17.7. The fourth-order valence-electron chi connectivity index (χ4n) is 8.39. The second-order valence-corrected chi connectivity index (χ2v) is 12.8. The van der Waals surface area contributed by atoms with Gasteiger partial charge in [0.2, 0.25) is 0 Å². The molecule has 5 aromatic carbocycles. The molecule has 3 aliphatic rings. The van der Waals surface area contributed by atoms with E-state index in [0.717, 1.165) is 12.8 Å². The van der Waals surface area contributed by atoms with Crippen LogP contribution in [0.25, 0.3) is 16.7 Å². The van der Waals surface area contributed by atoms with Crippen LogP contribution < -0.4 is 5.32 Å². The van der Waals surface area contributed by atoms with Gasteiger partial charge >= 0.3 is 0 Å². The summed E-state index contributed by atoms with van der Waals surface area (Å²) in [5, 5.41) is 3.55. The summed E-state index contributed by atoms with van der Waals surface area (Å²) in [4.78, 5) is 0. The van der Waals surface area contributed by atoms with Crippen LogP contribution in [0.3, 0.4) is 0 Å². The Morgan fingerprint density at radius 2 is 1.23 bits per heavy atom. The van der Waals surface area contributed by atoms with E-state index in [-0.39, 0.29) is 16.9 Å². The highest BCUT2D eigenvalue weighted by Gasteiger charge is 2.53. The minimum Gasteiger partial charge on any atom is -0.309 e. The van der Waals surface area contributed by atoms with Gasteiger partial charge in [-0.1, -0.05) is 135 Å². The number of hydrogen-bond donors (Lipinski definition) is 1. The van der Waals surface area contributed by atoms with Crippen LogP contribution in [0, 0.1) is 0 Å². The summed E-state index contributed by atoms with van der Waals surface area (Å²) >= 11 is 0. The fraction of sp³-hybridized carbons (Fsp3) is 0.190. The monoisotopic (exact) mass is 555 g/mol. The summed E-state index contributed by atoms with van der Waals surface area (Å²) in [5.74, 6) is 0. The molecule has 43 heavy (non-hydrogen) atoms. The Hall–Kier alpha value is -4.46. The largest absolute Gasteiger partial charge is 0.309 e. The van der Waals surface area contributed by atoms with Crippen molar-refractivity contribution in [1.29, 1.82) is 0 Å².